The third kappa shape index (κ3) is 5.84. The zero-order valence-electron chi connectivity index (χ0n) is 11.4. The van der Waals surface area contributed by atoms with Crippen LogP contribution in [-0.4, -0.2) is 43.9 Å². The molecule has 0 rings (SSSR count). The molecule has 4 heteroatoms. The predicted molar refractivity (Wildman–Crippen MR) is 68.7 cm³/mol. The van der Waals surface area contributed by atoms with E-state index < -0.39 is 0 Å². The van der Waals surface area contributed by atoms with E-state index in [1.165, 1.54) is 6.08 Å². The molecule has 0 aliphatic carbocycles. The molecule has 0 aliphatic heterocycles. The van der Waals surface area contributed by atoms with Crippen LogP contribution in [0.1, 0.15) is 33.1 Å². The minimum atomic E-state index is -0.386. The van der Waals surface area contributed by atoms with Crippen molar-refractivity contribution in [1.29, 1.82) is 0 Å². The van der Waals surface area contributed by atoms with Gasteiger partial charge in [-0.2, -0.15) is 0 Å². The van der Waals surface area contributed by atoms with Gasteiger partial charge in [0, 0.05) is 20.3 Å². The second-order valence-corrected chi connectivity index (χ2v) is 4.09. The lowest BCUT2D eigenvalue weighted by Gasteiger charge is -2.30. The van der Waals surface area contributed by atoms with Gasteiger partial charge in [0.25, 0.3) is 0 Å². The summed E-state index contributed by atoms with van der Waals surface area (Å²) in [7, 11) is 3.14. The molecule has 1 atom stereocenters. The van der Waals surface area contributed by atoms with E-state index in [2.05, 4.69) is 13.5 Å². The highest BCUT2D eigenvalue weighted by Crippen LogP contribution is 2.11. The van der Waals surface area contributed by atoms with Crippen LogP contribution in [0.3, 0.4) is 0 Å². The topological polar surface area (TPSA) is 38.8 Å². The van der Waals surface area contributed by atoms with E-state index in [0.29, 0.717) is 6.54 Å². The van der Waals surface area contributed by atoms with Crippen molar-refractivity contribution >= 4 is 5.91 Å². The molecule has 0 saturated heterocycles. The van der Waals surface area contributed by atoms with Gasteiger partial charge in [0.05, 0.1) is 6.54 Å². The predicted octanol–water partition coefficient (Wildman–Crippen LogP) is 2.20. The van der Waals surface area contributed by atoms with Gasteiger partial charge in [0.2, 0.25) is 5.91 Å². The van der Waals surface area contributed by atoms with E-state index in [-0.39, 0.29) is 18.2 Å². The number of carbonyl (C=O) groups is 1. The fourth-order valence-corrected chi connectivity index (χ4v) is 1.67. The number of carbonyl (C=O) groups excluding carboxylic acids is 1. The summed E-state index contributed by atoms with van der Waals surface area (Å²) in [6.45, 7) is 8.14. The van der Waals surface area contributed by atoms with Crippen molar-refractivity contribution in [3.8, 4) is 0 Å². The maximum Gasteiger partial charge on any atom is 0.246 e. The van der Waals surface area contributed by atoms with Gasteiger partial charge in [0.15, 0.2) is 6.29 Å². The quantitative estimate of drug-likeness (QED) is 0.460. The molecule has 0 aromatic rings. The molecule has 0 aromatic carbocycles. The summed E-state index contributed by atoms with van der Waals surface area (Å²) in [6, 6.07) is 0.174. The summed E-state index contributed by atoms with van der Waals surface area (Å²) < 4.78 is 10.3. The third-order valence-electron chi connectivity index (χ3n) is 2.84. The molecule has 0 bridgehead atoms. The number of amides is 1. The summed E-state index contributed by atoms with van der Waals surface area (Å²) in [5.74, 6) is -0.0762. The molecule has 0 fully saturated rings. The van der Waals surface area contributed by atoms with Gasteiger partial charge < -0.3 is 14.4 Å². The van der Waals surface area contributed by atoms with Crippen LogP contribution >= 0.6 is 0 Å². The first-order valence-corrected chi connectivity index (χ1v) is 6.09. The first-order chi connectivity index (χ1) is 8.10. The van der Waals surface area contributed by atoms with E-state index in [9.17, 15) is 4.79 Å². The normalized spacial score (nSPS) is 12.5. The Bertz CT molecular complexity index is 227. The van der Waals surface area contributed by atoms with Gasteiger partial charge in [0.1, 0.15) is 0 Å². The molecule has 0 spiro atoms. The van der Waals surface area contributed by atoms with E-state index >= 15 is 0 Å². The summed E-state index contributed by atoms with van der Waals surface area (Å²) in [5.41, 5.74) is 0. The van der Waals surface area contributed by atoms with Gasteiger partial charge in [-0.1, -0.05) is 26.3 Å². The van der Waals surface area contributed by atoms with Gasteiger partial charge in [-0.3, -0.25) is 4.79 Å². The van der Waals surface area contributed by atoms with Crippen molar-refractivity contribution in [3.05, 3.63) is 12.7 Å². The fourth-order valence-electron chi connectivity index (χ4n) is 1.67. The Morgan fingerprint density at radius 3 is 2.41 bits per heavy atom. The van der Waals surface area contributed by atoms with Gasteiger partial charge in [-0.05, 0) is 19.4 Å². The maximum absolute atomic E-state index is 11.8. The number of ether oxygens (including phenoxy) is 2. The van der Waals surface area contributed by atoms with Crippen molar-refractivity contribution < 1.29 is 14.3 Å². The number of methoxy groups -OCH3 is 2. The van der Waals surface area contributed by atoms with Crippen LogP contribution in [0, 0.1) is 0 Å². The smallest absolute Gasteiger partial charge is 0.246 e. The maximum atomic E-state index is 11.8. The average molecular weight is 243 g/mol. The molecule has 0 aromatic heterocycles. The number of rotatable bonds is 9. The Morgan fingerprint density at radius 1 is 1.41 bits per heavy atom. The van der Waals surface area contributed by atoms with Crippen molar-refractivity contribution in [2.75, 3.05) is 20.8 Å². The Kier molecular flexibility index (Phi) is 8.72. The van der Waals surface area contributed by atoms with E-state index in [0.717, 1.165) is 19.3 Å². The summed E-state index contributed by atoms with van der Waals surface area (Å²) >= 11 is 0. The molecule has 0 N–H and O–H groups in total. The van der Waals surface area contributed by atoms with E-state index in [4.69, 9.17) is 9.47 Å². The van der Waals surface area contributed by atoms with Crippen LogP contribution in [0.15, 0.2) is 12.7 Å². The van der Waals surface area contributed by atoms with E-state index in [1.807, 2.05) is 6.92 Å². The Morgan fingerprint density at radius 2 is 2.00 bits per heavy atom. The fraction of sp³-hybridized carbons (Fsp3) is 0.769. The molecule has 1 amide bonds. The molecular weight excluding hydrogens is 218 g/mol. The Labute approximate surface area is 105 Å². The summed E-state index contributed by atoms with van der Waals surface area (Å²) in [5, 5.41) is 0. The summed E-state index contributed by atoms with van der Waals surface area (Å²) in [4.78, 5) is 13.5. The zero-order chi connectivity index (χ0) is 13.3. The van der Waals surface area contributed by atoms with Crippen LogP contribution in [0.2, 0.25) is 0 Å². The number of hydrogen-bond donors (Lipinski definition) is 0. The minimum absolute atomic E-state index is 0.0762. The van der Waals surface area contributed by atoms with Crippen molar-refractivity contribution in [2.24, 2.45) is 0 Å². The Balaban J connectivity index is 4.51. The van der Waals surface area contributed by atoms with Gasteiger partial charge in [-0.25, -0.2) is 0 Å². The zero-order valence-corrected chi connectivity index (χ0v) is 11.4. The summed E-state index contributed by atoms with van der Waals surface area (Å²) in [6.07, 6.45) is 4.16. The van der Waals surface area contributed by atoms with Crippen molar-refractivity contribution in [1.82, 2.24) is 4.90 Å². The highest BCUT2D eigenvalue weighted by atomic mass is 16.7. The minimum Gasteiger partial charge on any atom is -0.354 e. The highest BCUT2D eigenvalue weighted by molar-refractivity contribution is 5.87. The van der Waals surface area contributed by atoms with Crippen molar-refractivity contribution in [2.45, 2.75) is 45.4 Å². The molecule has 1 unspecified atom stereocenters. The lowest BCUT2D eigenvalue weighted by Crippen LogP contribution is -2.43. The average Bonchev–Trinajstić information content (AvgIpc) is 2.36. The van der Waals surface area contributed by atoms with Crippen LogP contribution < -0.4 is 0 Å². The number of unbranched alkanes of at least 4 members (excludes halogenated alkanes) is 1. The van der Waals surface area contributed by atoms with Gasteiger partial charge >= 0.3 is 0 Å². The molecule has 0 radical (unpaired) electrons. The van der Waals surface area contributed by atoms with Crippen LogP contribution in [-0.2, 0) is 14.3 Å². The molecule has 0 aliphatic rings. The number of hydrogen-bond acceptors (Lipinski definition) is 3. The van der Waals surface area contributed by atoms with Gasteiger partial charge in [-0.15, -0.1) is 0 Å². The second kappa shape index (κ2) is 9.19. The number of nitrogens with zero attached hydrogens (tertiary/aromatic N) is 1. The van der Waals surface area contributed by atoms with Crippen LogP contribution in [0.4, 0.5) is 0 Å². The largest absolute Gasteiger partial charge is 0.354 e. The lowest BCUT2D eigenvalue weighted by atomic mass is 10.1. The van der Waals surface area contributed by atoms with Crippen LogP contribution in [0.25, 0.3) is 0 Å². The molecule has 0 heterocycles. The first kappa shape index (κ1) is 16.1. The molecule has 4 nitrogen and oxygen atoms in total. The standard InChI is InChI=1S/C13H25NO3/c1-6-8-9-11(3)14(12(15)7-2)10-13(16-4)17-5/h7,11,13H,2,6,8-10H2,1,3-5H3. The molecule has 0 saturated carbocycles. The third-order valence-corrected chi connectivity index (χ3v) is 2.84. The molecule has 100 valence electrons. The molecule has 17 heavy (non-hydrogen) atoms. The highest BCUT2D eigenvalue weighted by Gasteiger charge is 2.21. The second-order valence-electron chi connectivity index (χ2n) is 4.09. The van der Waals surface area contributed by atoms with E-state index in [1.54, 1.807) is 19.1 Å². The van der Waals surface area contributed by atoms with Crippen LogP contribution in [0.5, 0.6) is 0 Å². The Hall–Kier alpha value is -0.870. The molecular formula is C13H25NO3. The van der Waals surface area contributed by atoms with Crippen molar-refractivity contribution in [3.63, 3.8) is 0 Å². The SMILES string of the molecule is C=CC(=O)N(CC(OC)OC)C(C)CCCC. The monoisotopic (exact) mass is 243 g/mol. The lowest BCUT2D eigenvalue weighted by molar-refractivity contribution is -0.144. The first-order valence-electron chi connectivity index (χ1n) is 6.09.